The molecule has 12 heteroatoms. The molecule has 0 radical (unpaired) electrons. The molecule has 0 heterocycles. The number of aryl methyl sites for hydroxylation is 1. The summed E-state index contributed by atoms with van der Waals surface area (Å²) in [5.41, 5.74) is 8.98. The first kappa shape index (κ1) is 42.1. The first-order chi connectivity index (χ1) is 24.0. The third-order valence-electron chi connectivity index (χ3n) is 8.74. The van der Waals surface area contributed by atoms with Gasteiger partial charge < -0.3 is 29.2 Å². The van der Waals surface area contributed by atoms with E-state index in [-0.39, 0.29) is 56.5 Å². The van der Waals surface area contributed by atoms with E-state index in [1.165, 1.54) is 0 Å². The van der Waals surface area contributed by atoms with Crippen molar-refractivity contribution in [1.29, 1.82) is 0 Å². The van der Waals surface area contributed by atoms with Gasteiger partial charge in [0, 0.05) is 36.1 Å². The van der Waals surface area contributed by atoms with Crippen molar-refractivity contribution in [2.45, 2.75) is 122 Å². The molecule has 0 bridgehead atoms. The summed E-state index contributed by atoms with van der Waals surface area (Å²) in [6.07, 6.45) is 12.1. The number of aliphatic hydroxyl groups is 2. The van der Waals surface area contributed by atoms with E-state index in [4.69, 9.17) is 30.9 Å². The minimum absolute atomic E-state index is 0.0751. The molecule has 2 N–H and O–H groups in total. The standard InChI is InChI=1S/C38H55N3O9/c1-5-6-10-18-35(44)47-26-38(4,25-40-41-39)27-48-37(46)50-30(21-20-29-15-11-9-12-16-29)22-23-32-31(33(42)24-34(32)43)17-13-7-8-14-19-36(45)49-28(2)3/h1,7,9,11-13,15-16,28,30-34,42-43H,6,8,10,14,17-27H2,2-4H3/b13-7-/t30-,31+,32+,33-,34+,38?/m0/s1. The number of esters is 2. The number of terminal acetylenes is 1. The van der Waals surface area contributed by atoms with Crippen LogP contribution in [-0.4, -0.2) is 72.5 Å². The van der Waals surface area contributed by atoms with Gasteiger partial charge in [0.2, 0.25) is 0 Å². The van der Waals surface area contributed by atoms with Gasteiger partial charge in [-0.2, -0.15) is 0 Å². The highest BCUT2D eigenvalue weighted by molar-refractivity contribution is 5.69. The van der Waals surface area contributed by atoms with Crippen LogP contribution in [0.25, 0.3) is 10.4 Å². The lowest BCUT2D eigenvalue weighted by molar-refractivity contribution is -0.148. The molecule has 50 heavy (non-hydrogen) atoms. The van der Waals surface area contributed by atoms with E-state index in [0.29, 0.717) is 64.2 Å². The van der Waals surface area contributed by atoms with Crippen LogP contribution >= 0.6 is 0 Å². The molecular weight excluding hydrogens is 642 g/mol. The molecular formula is C38H55N3O9. The van der Waals surface area contributed by atoms with E-state index >= 15 is 0 Å². The summed E-state index contributed by atoms with van der Waals surface area (Å²) < 4.78 is 21.8. The lowest BCUT2D eigenvalue weighted by Gasteiger charge is -2.28. The van der Waals surface area contributed by atoms with Gasteiger partial charge in [-0.15, -0.1) is 12.3 Å². The fourth-order valence-electron chi connectivity index (χ4n) is 5.98. The fraction of sp³-hybridized carbons (Fsp3) is 0.658. The monoisotopic (exact) mass is 697 g/mol. The SMILES string of the molecule is C#CCCCC(=O)OCC(C)(CN=[N+]=[N-])COC(=O)O[C@@H](CCc1ccccc1)CC[C@@H]1[C@@H](C/C=C\CCCC(=O)OC(C)C)[C@@H](O)C[C@H]1O. The second-order valence-corrected chi connectivity index (χ2v) is 13.6. The summed E-state index contributed by atoms with van der Waals surface area (Å²) in [6, 6.07) is 9.81. The van der Waals surface area contributed by atoms with E-state index in [0.717, 1.165) is 5.56 Å². The Morgan fingerprint density at radius 1 is 1.02 bits per heavy atom. The Labute approximate surface area is 296 Å². The van der Waals surface area contributed by atoms with Crippen molar-refractivity contribution in [3.63, 3.8) is 0 Å². The van der Waals surface area contributed by atoms with Crippen LogP contribution in [-0.2, 0) is 35.0 Å². The highest BCUT2D eigenvalue weighted by Gasteiger charge is 2.41. The molecule has 1 saturated carbocycles. The molecule has 276 valence electrons. The minimum atomic E-state index is -0.977. The predicted octanol–water partition coefficient (Wildman–Crippen LogP) is 7.01. The van der Waals surface area contributed by atoms with Gasteiger partial charge in [-0.3, -0.25) is 9.59 Å². The Bertz CT molecular complexity index is 1290. The maximum absolute atomic E-state index is 13.0. The van der Waals surface area contributed by atoms with E-state index in [1.54, 1.807) is 6.92 Å². The molecule has 1 unspecified atom stereocenters. The number of carbonyl (C=O) groups excluding carboxylic acids is 3. The highest BCUT2D eigenvalue weighted by atomic mass is 16.7. The van der Waals surface area contributed by atoms with Crippen LogP contribution in [0.4, 0.5) is 4.79 Å². The first-order valence-corrected chi connectivity index (χ1v) is 17.6. The summed E-state index contributed by atoms with van der Waals surface area (Å²) in [5.74, 6) is 1.44. The van der Waals surface area contributed by atoms with Gasteiger partial charge in [0.25, 0.3) is 0 Å². The number of carbonyl (C=O) groups is 3. The lowest BCUT2D eigenvalue weighted by atomic mass is 9.85. The molecule has 1 fully saturated rings. The number of aliphatic hydroxyl groups excluding tert-OH is 2. The Morgan fingerprint density at radius 3 is 2.42 bits per heavy atom. The Kier molecular flexibility index (Phi) is 19.7. The van der Waals surface area contributed by atoms with Gasteiger partial charge in [-0.1, -0.05) is 54.5 Å². The van der Waals surface area contributed by atoms with Crippen molar-refractivity contribution >= 4 is 18.1 Å². The number of nitrogens with zero attached hydrogens (tertiary/aromatic N) is 3. The van der Waals surface area contributed by atoms with Crippen LogP contribution < -0.4 is 0 Å². The molecule has 12 nitrogen and oxygen atoms in total. The number of unbranched alkanes of at least 4 members (excludes halogenated alkanes) is 2. The Balaban J connectivity index is 2.00. The summed E-state index contributed by atoms with van der Waals surface area (Å²) in [6.45, 7) is 4.90. The number of benzene rings is 1. The predicted molar refractivity (Wildman–Crippen MR) is 188 cm³/mol. The average Bonchev–Trinajstić information content (AvgIpc) is 3.35. The minimum Gasteiger partial charge on any atom is -0.465 e. The van der Waals surface area contributed by atoms with Crippen LogP contribution in [0, 0.1) is 29.6 Å². The molecule has 2 rings (SSSR count). The van der Waals surface area contributed by atoms with Crippen LogP contribution in [0.15, 0.2) is 47.6 Å². The molecule has 0 saturated heterocycles. The quantitative estimate of drug-likeness (QED) is 0.0178. The normalized spacial score (nSPS) is 20.3. The molecule has 1 aliphatic carbocycles. The summed E-state index contributed by atoms with van der Waals surface area (Å²) in [7, 11) is 0. The van der Waals surface area contributed by atoms with Crippen molar-refractivity contribution in [2.75, 3.05) is 19.8 Å². The number of hydrogen-bond acceptors (Lipinski definition) is 10. The van der Waals surface area contributed by atoms with Crippen molar-refractivity contribution in [2.24, 2.45) is 22.4 Å². The maximum atomic E-state index is 13.0. The molecule has 6 atom stereocenters. The van der Waals surface area contributed by atoms with E-state index < -0.39 is 35.9 Å². The molecule has 1 aliphatic rings. The smallest absolute Gasteiger partial charge is 0.465 e. The van der Waals surface area contributed by atoms with Gasteiger partial charge in [-0.05, 0) is 94.6 Å². The summed E-state index contributed by atoms with van der Waals surface area (Å²) in [4.78, 5) is 39.7. The van der Waals surface area contributed by atoms with Crippen LogP contribution in [0.3, 0.4) is 0 Å². The zero-order valence-corrected chi connectivity index (χ0v) is 29.8. The molecule has 1 aromatic carbocycles. The average molecular weight is 698 g/mol. The van der Waals surface area contributed by atoms with Gasteiger partial charge >= 0.3 is 18.1 Å². The van der Waals surface area contributed by atoms with Crippen molar-refractivity contribution in [3.05, 3.63) is 58.5 Å². The van der Waals surface area contributed by atoms with Gasteiger partial charge in [-0.25, -0.2) is 4.79 Å². The molecule has 0 amide bonds. The second kappa shape index (κ2) is 23.4. The first-order valence-electron chi connectivity index (χ1n) is 17.6. The number of rotatable bonds is 23. The van der Waals surface area contributed by atoms with E-state index in [1.807, 2.05) is 56.3 Å². The van der Waals surface area contributed by atoms with Crippen molar-refractivity contribution in [3.8, 4) is 12.3 Å². The number of azide groups is 1. The van der Waals surface area contributed by atoms with Crippen molar-refractivity contribution in [1.82, 2.24) is 0 Å². The molecule has 1 aromatic rings. The largest absolute Gasteiger partial charge is 0.508 e. The lowest BCUT2D eigenvalue weighted by Crippen LogP contribution is -2.35. The second-order valence-electron chi connectivity index (χ2n) is 13.6. The number of hydrogen-bond donors (Lipinski definition) is 2. The zero-order valence-electron chi connectivity index (χ0n) is 29.8. The van der Waals surface area contributed by atoms with E-state index in [2.05, 4.69) is 15.9 Å². The highest BCUT2D eigenvalue weighted by Crippen LogP contribution is 2.39. The third-order valence-corrected chi connectivity index (χ3v) is 8.74. The van der Waals surface area contributed by atoms with Gasteiger partial charge in [0.15, 0.2) is 0 Å². The summed E-state index contributed by atoms with van der Waals surface area (Å²) >= 11 is 0. The fourth-order valence-corrected chi connectivity index (χ4v) is 5.98. The van der Waals surface area contributed by atoms with E-state index in [9.17, 15) is 24.6 Å². The molecule has 0 aromatic heterocycles. The third kappa shape index (κ3) is 17.1. The summed E-state index contributed by atoms with van der Waals surface area (Å²) in [5, 5.41) is 25.2. The van der Waals surface area contributed by atoms with Crippen LogP contribution in [0.1, 0.15) is 97.0 Å². The van der Waals surface area contributed by atoms with Gasteiger partial charge in [0.1, 0.15) is 19.3 Å². The topological polar surface area (TPSA) is 177 Å². The van der Waals surface area contributed by atoms with Crippen molar-refractivity contribution < 1.29 is 43.5 Å². The molecule has 0 spiro atoms. The number of allylic oxidation sites excluding steroid dienone is 2. The Hall–Kier alpha value is -4.04. The molecule has 0 aliphatic heterocycles. The maximum Gasteiger partial charge on any atom is 0.508 e. The Morgan fingerprint density at radius 2 is 1.72 bits per heavy atom. The van der Waals surface area contributed by atoms with Crippen LogP contribution in [0.5, 0.6) is 0 Å². The number of ether oxygens (including phenoxy) is 4. The zero-order chi connectivity index (χ0) is 36.8. The van der Waals surface area contributed by atoms with Gasteiger partial charge in [0.05, 0.1) is 18.3 Å². The van der Waals surface area contributed by atoms with Crippen LogP contribution in [0.2, 0.25) is 0 Å².